The van der Waals surface area contributed by atoms with Gasteiger partial charge in [-0.3, -0.25) is 9.13 Å². The lowest BCUT2D eigenvalue weighted by Crippen LogP contribution is -2.10. The van der Waals surface area contributed by atoms with Crippen LogP contribution in [0.3, 0.4) is 0 Å². The van der Waals surface area contributed by atoms with Gasteiger partial charge in [0.1, 0.15) is 11.2 Å². The number of aryl methyl sites for hydroxylation is 2. The lowest BCUT2D eigenvalue weighted by molar-refractivity contribution is 0.669. The van der Waals surface area contributed by atoms with Gasteiger partial charge in [0.05, 0.1) is 41.3 Å². The van der Waals surface area contributed by atoms with Crippen molar-refractivity contribution in [3.8, 4) is 23.3 Å². The average Bonchev–Trinajstić information content (AvgIpc) is 3.94. The fraction of sp³-hybridized carbons (Fsp3) is 0.0488. The summed E-state index contributed by atoms with van der Waals surface area (Å²) in [4.78, 5) is 14.9. The first-order valence-corrected chi connectivity index (χ1v) is 14.9. The normalized spacial score (nSPS) is 17.1. The van der Waals surface area contributed by atoms with Crippen LogP contribution in [-0.2, 0) is 12.8 Å². The van der Waals surface area contributed by atoms with E-state index < -0.39 is 84.6 Å². The average molecular weight is 618 g/mol. The number of rotatable bonds is 1. The molecule has 0 aliphatic carbocycles. The molecule has 0 radical (unpaired) electrons. The molecule has 0 N–H and O–H groups in total. The topological polar surface area (TPSA) is 61.7 Å². The number of para-hydroxylation sites is 5. The van der Waals surface area contributed by atoms with Crippen molar-refractivity contribution in [2.24, 2.45) is 0 Å². The van der Waals surface area contributed by atoms with Crippen molar-refractivity contribution >= 4 is 65.6 Å². The van der Waals surface area contributed by atoms with Gasteiger partial charge < -0.3 is 4.42 Å². The second kappa shape index (κ2) is 9.14. The summed E-state index contributed by atoms with van der Waals surface area (Å²) in [5, 5.41) is 0.977. The van der Waals surface area contributed by atoms with Crippen LogP contribution < -0.4 is 0 Å². The Balaban J connectivity index is 1.45. The molecule has 5 heterocycles. The molecule has 220 valence electrons. The van der Waals surface area contributed by atoms with Gasteiger partial charge in [-0.1, -0.05) is 103 Å². The minimum Gasteiger partial charge on any atom is -0.456 e. The number of fused-ring (bicyclic) bond motifs is 13. The highest BCUT2D eigenvalue weighted by atomic mass is 16.3. The van der Waals surface area contributed by atoms with E-state index in [9.17, 15) is 8.22 Å². The Kier molecular flexibility index (Phi) is 2.99. The quantitative estimate of drug-likeness (QED) is 0.184. The van der Waals surface area contributed by atoms with Gasteiger partial charge in [-0.15, -0.1) is 0 Å². The Labute approximate surface area is 287 Å². The standard InChI is InChI=1S/C41H25N5O/c1-4-18-32-26(12-1)28-15-7-10-24-22-23-25-11-8-16-29-27-13-2-5-19-33(27)46(38(25)29)41-43-39(42-40(44-41)45(32)37(24)28)31-17-9-21-35-36(31)30-14-3-6-20-34(30)47-35/h1-21H,22-23H2/i1D,2D,4D,5D,7D,8D,10D,11D,12D,13D,15D,16D,18D,19D. The van der Waals surface area contributed by atoms with Crippen molar-refractivity contribution < 1.29 is 23.6 Å². The maximum absolute atomic E-state index is 9.27. The first-order chi connectivity index (χ1) is 29.1. The molecule has 6 nitrogen and oxygen atoms in total. The highest BCUT2D eigenvalue weighted by Crippen LogP contribution is 2.40. The van der Waals surface area contributed by atoms with E-state index in [2.05, 4.69) is 0 Å². The molecule has 2 bridgehead atoms. The van der Waals surface area contributed by atoms with Crippen LogP contribution in [0.2, 0.25) is 0 Å². The molecule has 0 atom stereocenters. The van der Waals surface area contributed by atoms with Gasteiger partial charge in [0.15, 0.2) is 5.82 Å². The molecule has 0 saturated carbocycles. The minimum absolute atomic E-state index is 0.0187. The summed E-state index contributed by atoms with van der Waals surface area (Å²) in [5.74, 6) is -0.544. The van der Waals surface area contributed by atoms with Crippen LogP contribution in [0.25, 0.3) is 88.8 Å². The van der Waals surface area contributed by atoms with Crippen LogP contribution in [0, 0.1) is 0 Å². The van der Waals surface area contributed by atoms with E-state index in [1.807, 2.05) is 18.2 Å². The third-order valence-electron chi connectivity index (χ3n) is 8.86. The summed E-state index contributed by atoms with van der Waals surface area (Å²) in [6.45, 7) is 0. The molecule has 0 unspecified atom stereocenters. The van der Waals surface area contributed by atoms with Crippen molar-refractivity contribution in [3.63, 3.8) is 0 Å². The maximum Gasteiger partial charge on any atom is 0.240 e. The zero-order chi connectivity index (χ0) is 42.8. The fourth-order valence-corrected chi connectivity index (χ4v) is 6.91. The van der Waals surface area contributed by atoms with Gasteiger partial charge in [-0.2, -0.15) is 15.0 Å². The fourth-order valence-electron chi connectivity index (χ4n) is 6.91. The number of aromatic nitrogens is 5. The molecule has 10 aromatic rings. The van der Waals surface area contributed by atoms with E-state index in [0.29, 0.717) is 27.5 Å². The molecule has 4 aromatic heterocycles. The molecule has 47 heavy (non-hydrogen) atoms. The number of benzene rings is 6. The van der Waals surface area contributed by atoms with Crippen LogP contribution in [0.15, 0.2) is 131 Å². The Bertz CT molecular complexity index is 3540. The van der Waals surface area contributed by atoms with Crippen molar-refractivity contribution in [1.29, 1.82) is 0 Å². The summed E-state index contributed by atoms with van der Waals surface area (Å²) < 4.78 is 135. The van der Waals surface area contributed by atoms with Crippen molar-refractivity contribution in [2.75, 3.05) is 0 Å². The summed E-state index contributed by atoms with van der Waals surface area (Å²) in [6.07, 6.45) is -0.324. The highest BCUT2D eigenvalue weighted by Gasteiger charge is 2.25. The second-order valence-corrected chi connectivity index (χ2v) is 11.3. The number of furan rings is 1. The summed E-state index contributed by atoms with van der Waals surface area (Å²) >= 11 is 0. The molecule has 1 aliphatic rings. The van der Waals surface area contributed by atoms with Crippen LogP contribution in [0.4, 0.5) is 0 Å². The maximum atomic E-state index is 9.27. The molecular formula is C41H25N5O. The van der Waals surface area contributed by atoms with Crippen LogP contribution in [-0.4, -0.2) is 24.1 Å². The minimum atomic E-state index is -0.605. The summed E-state index contributed by atoms with van der Waals surface area (Å²) in [6, 6.07) is 5.35. The lowest BCUT2D eigenvalue weighted by atomic mass is 10.00. The third-order valence-corrected chi connectivity index (χ3v) is 8.86. The van der Waals surface area contributed by atoms with Gasteiger partial charge in [0.25, 0.3) is 0 Å². The number of hydrogen-bond donors (Lipinski definition) is 0. The van der Waals surface area contributed by atoms with E-state index in [-0.39, 0.29) is 85.3 Å². The van der Waals surface area contributed by atoms with Gasteiger partial charge in [-0.05, 0) is 48.2 Å². The number of hydrogen-bond acceptors (Lipinski definition) is 4. The Morgan fingerprint density at radius 3 is 1.77 bits per heavy atom. The Morgan fingerprint density at radius 1 is 0.532 bits per heavy atom. The molecule has 0 fully saturated rings. The highest BCUT2D eigenvalue weighted by molar-refractivity contribution is 6.13. The first kappa shape index (κ1) is 15.3. The van der Waals surface area contributed by atoms with E-state index in [1.54, 1.807) is 24.3 Å². The van der Waals surface area contributed by atoms with Gasteiger partial charge in [0, 0.05) is 37.9 Å². The SMILES string of the molecule is [2H]c1c([2H])c([2H])c2c(c1[2H])c1c([2H])c([2H])c([2H])c3c1n2-c1nc(-c2cccc4oc5ccccc5c24)nc(n1)-n1c2c([2H])c([2H])c([2H])c([2H])c2c2c([2H])c([2H])c([2H])c(c21)CC3. The predicted molar refractivity (Wildman–Crippen MR) is 189 cm³/mol. The zero-order valence-electron chi connectivity index (χ0n) is 38.1. The van der Waals surface area contributed by atoms with Crippen molar-refractivity contribution in [2.45, 2.75) is 12.8 Å². The molecule has 0 saturated heterocycles. The Hall–Kier alpha value is -6.27. The zero-order valence-corrected chi connectivity index (χ0v) is 24.1. The molecule has 11 rings (SSSR count). The van der Waals surface area contributed by atoms with Gasteiger partial charge >= 0.3 is 0 Å². The largest absolute Gasteiger partial charge is 0.456 e. The summed E-state index contributed by atoms with van der Waals surface area (Å²) in [7, 11) is 0. The predicted octanol–water partition coefficient (Wildman–Crippen LogP) is 9.73. The van der Waals surface area contributed by atoms with Crippen LogP contribution >= 0.6 is 0 Å². The molecule has 0 spiro atoms. The van der Waals surface area contributed by atoms with Gasteiger partial charge in [0.2, 0.25) is 11.9 Å². The number of nitrogens with zero attached hydrogens (tertiary/aromatic N) is 5. The smallest absolute Gasteiger partial charge is 0.240 e. The van der Waals surface area contributed by atoms with Gasteiger partial charge in [-0.25, -0.2) is 0 Å². The first-order valence-electron chi connectivity index (χ1n) is 21.9. The second-order valence-electron chi connectivity index (χ2n) is 11.3. The monoisotopic (exact) mass is 617 g/mol. The molecular weight excluding hydrogens is 578 g/mol. The van der Waals surface area contributed by atoms with E-state index in [4.69, 9.17) is 30.3 Å². The molecule has 0 amide bonds. The molecule has 1 aliphatic heterocycles. The van der Waals surface area contributed by atoms with E-state index >= 15 is 0 Å². The Morgan fingerprint density at radius 2 is 1.11 bits per heavy atom. The molecule has 6 heteroatoms. The summed E-state index contributed by atoms with van der Waals surface area (Å²) in [5.41, 5.74) is 1.46. The van der Waals surface area contributed by atoms with Crippen molar-refractivity contribution in [1.82, 2.24) is 24.1 Å². The van der Waals surface area contributed by atoms with E-state index in [0.717, 1.165) is 0 Å². The van der Waals surface area contributed by atoms with Crippen molar-refractivity contribution in [3.05, 3.63) is 138 Å². The van der Waals surface area contributed by atoms with E-state index in [1.165, 1.54) is 9.13 Å². The van der Waals surface area contributed by atoms with Crippen LogP contribution in [0.1, 0.15) is 30.3 Å². The lowest BCUT2D eigenvalue weighted by Gasteiger charge is -2.13. The molecule has 6 aromatic carbocycles. The van der Waals surface area contributed by atoms with Crippen LogP contribution in [0.5, 0.6) is 0 Å². The third kappa shape index (κ3) is 3.36.